The Bertz CT molecular complexity index is 3560. The van der Waals surface area contributed by atoms with E-state index < -0.39 is 17.4 Å². The SMILES string of the molecule is CN1C(=O)[C@@](CCc2ccccc2)(C[C@H]2CCC[C@@H](CC(=O)Nc3ccc4ccccc4c3)C2)N=C1N.CN1CC(C)(c2cccc(-c3cccc(OC(F)(F)F)c3)c2)N=C1N.COc1ccc(-c2cccc(C3(C)CN(C)C(N)=N3)c2)cn1. The Hall–Kier alpha value is -8.93. The largest absolute Gasteiger partial charge is 0.573 e. The number of hydrogen-bond acceptors (Lipinski definition) is 13. The number of benzene rings is 6. The monoisotopic (exact) mass is 1140 g/mol. The molecule has 7 N–H and O–H groups in total. The predicted octanol–water partition coefficient (Wildman–Crippen LogP) is 11.5. The molecule has 0 radical (unpaired) electrons. The van der Waals surface area contributed by atoms with Crippen molar-refractivity contribution in [3.8, 4) is 33.9 Å². The summed E-state index contributed by atoms with van der Waals surface area (Å²) in [5, 5.41) is 5.37. The standard InChI is InChI=1S/C31H36N4O2.C18H18F3N3O.C17H20N4O/c1-35-29(37)31(34-30(35)32,17-16-22-8-3-2-4-9-22)21-24-11-7-10-23(18-24)19-28(36)33-27-15-14-25-12-5-6-13-26(25)20-27;1-17(11-24(2)16(22)23-17)14-7-3-5-12(9-14)13-6-4-8-15(10-13)25-18(19,20)21;1-17(11-21(2)16(18)20-17)14-6-4-5-12(9-14)13-7-8-15(22-3)19-10-13/h2-6,8-9,12-15,20,23-24H,7,10-11,16-19,21H2,1H3,(H2,32,34)(H,33,36);3-10H,11H2,1-2H3,(H2,22,23);4-10H,11H2,1-3H3,(H2,18,20)/t23-,24+,31-;;/m1../s1. The van der Waals surface area contributed by atoms with Crippen molar-refractivity contribution in [1.29, 1.82) is 0 Å². The van der Waals surface area contributed by atoms with Crippen molar-refractivity contribution in [2.75, 3.05) is 46.7 Å². The van der Waals surface area contributed by atoms with E-state index in [2.05, 4.69) is 74.4 Å². The number of nitrogens with two attached hydrogens (primary N) is 3. The first kappa shape index (κ1) is 59.7. The van der Waals surface area contributed by atoms with Crippen molar-refractivity contribution >= 4 is 46.2 Å². The lowest BCUT2D eigenvalue weighted by atomic mass is 9.73. The van der Waals surface area contributed by atoms with Crippen LogP contribution >= 0.6 is 0 Å². The van der Waals surface area contributed by atoms with Crippen LogP contribution in [0.5, 0.6) is 11.6 Å². The summed E-state index contributed by atoms with van der Waals surface area (Å²) in [6.07, 6.45) is 3.81. The van der Waals surface area contributed by atoms with Gasteiger partial charge >= 0.3 is 6.36 Å². The fourth-order valence-electron chi connectivity index (χ4n) is 11.9. The third-order valence-electron chi connectivity index (χ3n) is 16.3. The number of pyridine rings is 1. The first-order chi connectivity index (χ1) is 40.1. The molecule has 11 rings (SSSR count). The molecule has 438 valence electrons. The van der Waals surface area contributed by atoms with E-state index in [0.29, 0.717) is 67.0 Å². The van der Waals surface area contributed by atoms with Crippen LogP contribution in [0.4, 0.5) is 18.9 Å². The maximum atomic E-state index is 13.4. The van der Waals surface area contributed by atoms with Crippen molar-refractivity contribution in [2.24, 2.45) is 44.0 Å². The van der Waals surface area contributed by atoms with Crippen LogP contribution in [-0.2, 0) is 27.1 Å². The zero-order chi connectivity index (χ0) is 59.8. The van der Waals surface area contributed by atoms with Crippen molar-refractivity contribution in [1.82, 2.24) is 19.7 Å². The zero-order valence-electron chi connectivity index (χ0n) is 48.4. The number of nitrogens with zero attached hydrogens (tertiary/aromatic N) is 7. The molecule has 0 saturated heterocycles. The lowest BCUT2D eigenvalue weighted by Gasteiger charge is -2.34. The minimum absolute atomic E-state index is 0.00268. The van der Waals surface area contributed by atoms with Gasteiger partial charge in [-0.1, -0.05) is 122 Å². The van der Waals surface area contributed by atoms with Gasteiger partial charge in [-0.2, -0.15) is 0 Å². The molecule has 1 saturated carbocycles. The summed E-state index contributed by atoms with van der Waals surface area (Å²) in [4.78, 5) is 49.8. The van der Waals surface area contributed by atoms with Gasteiger partial charge in [0.25, 0.3) is 5.91 Å². The maximum absolute atomic E-state index is 13.4. The molecule has 6 aromatic carbocycles. The Morgan fingerprint density at radius 1 is 0.667 bits per heavy atom. The van der Waals surface area contributed by atoms with E-state index in [9.17, 15) is 22.8 Å². The first-order valence-electron chi connectivity index (χ1n) is 28.3. The van der Waals surface area contributed by atoms with Crippen LogP contribution in [0.2, 0.25) is 0 Å². The number of aryl methyl sites for hydroxylation is 1. The number of ether oxygens (including phenoxy) is 2. The van der Waals surface area contributed by atoms with Gasteiger partial charge in [-0.05, 0) is 144 Å². The van der Waals surface area contributed by atoms with E-state index in [1.165, 1.54) is 28.7 Å². The number of carbonyl (C=O) groups excluding carboxylic acids is 2. The second-order valence-electron chi connectivity index (χ2n) is 22.8. The molecule has 0 bridgehead atoms. The number of alkyl halides is 3. The van der Waals surface area contributed by atoms with Crippen LogP contribution in [0, 0.1) is 11.8 Å². The molecule has 3 aliphatic heterocycles. The number of amides is 2. The number of halogens is 3. The Labute approximate surface area is 489 Å². The van der Waals surface area contributed by atoms with E-state index in [-0.39, 0.29) is 23.1 Å². The van der Waals surface area contributed by atoms with Crippen LogP contribution in [0.15, 0.2) is 179 Å². The number of methoxy groups -OCH3 is 1. The van der Waals surface area contributed by atoms with Crippen molar-refractivity contribution in [3.05, 3.63) is 181 Å². The number of anilines is 1. The minimum atomic E-state index is -4.71. The number of hydrogen-bond donors (Lipinski definition) is 4. The van der Waals surface area contributed by atoms with Gasteiger partial charge in [-0.3, -0.25) is 14.5 Å². The third kappa shape index (κ3) is 14.4. The van der Waals surface area contributed by atoms with E-state index in [1.54, 1.807) is 20.2 Å². The number of likely N-dealkylation sites (N-methyl/N-ethyl adjacent to an activating group) is 3. The van der Waals surface area contributed by atoms with Gasteiger partial charge in [0.2, 0.25) is 11.8 Å². The summed E-state index contributed by atoms with van der Waals surface area (Å²) < 4.78 is 46.3. The number of guanidine groups is 3. The summed E-state index contributed by atoms with van der Waals surface area (Å²) in [6.45, 7) is 5.50. The number of aromatic nitrogens is 1. The summed E-state index contributed by atoms with van der Waals surface area (Å²) >= 11 is 0. The summed E-state index contributed by atoms with van der Waals surface area (Å²) in [7, 11) is 7.15. The molecule has 2 unspecified atom stereocenters. The maximum Gasteiger partial charge on any atom is 0.573 e. The lowest BCUT2D eigenvalue weighted by Crippen LogP contribution is -2.44. The van der Waals surface area contributed by atoms with Gasteiger partial charge in [0, 0.05) is 64.2 Å². The molecule has 0 spiro atoms. The van der Waals surface area contributed by atoms with E-state index >= 15 is 0 Å². The van der Waals surface area contributed by atoms with Crippen molar-refractivity contribution in [3.63, 3.8) is 0 Å². The summed E-state index contributed by atoms with van der Waals surface area (Å²) in [6, 6.07) is 50.1. The highest BCUT2D eigenvalue weighted by molar-refractivity contribution is 6.06. The van der Waals surface area contributed by atoms with Crippen LogP contribution in [0.1, 0.15) is 75.5 Å². The number of fused-ring (bicyclic) bond motifs is 1. The fraction of sp³-hybridized carbons (Fsp3) is 0.333. The van der Waals surface area contributed by atoms with E-state index in [1.807, 2.05) is 128 Å². The second kappa shape index (κ2) is 25.3. The molecular formula is C66H74F3N11O4. The molecule has 5 atom stereocenters. The van der Waals surface area contributed by atoms with Crippen LogP contribution in [0.3, 0.4) is 0 Å². The molecule has 7 aromatic rings. The molecule has 1 aliphatic carbocycles. The average molecular weight is 1140 g/mol. The summed E-state index contributed by atoms with van der Waals surface area (Å²) in [5.74, 6) is 2.42. The molecule has 84 heavy (non-hydrogen) atoms. The Morgan fingerprint density at radius 2 is 1.26 bits per heavy atom. The third-order valence-corrected chi connectivity index (χ3v) is 16.3. The normalized spacial score (nSPS) is 22.0. The Morgan fingerprint density at radius 3 is 1.83 bits per heavy atom. The number of rotatable bonds is 14. The van der Waals surface area contributed by atoms with E-state index in [4.69, 9.17) is 26.9 Å². The van der Waals surface area contributed by atoms with Gasteiger partial charge in [0.1, 0.15) is 22.4 Å². The molecule has 2 amide bonds. The number of nitrogens with one attached hydrogen (secondary N) is 1. The molecule has 1 aromatic heterocycles. The molecule has 18 heteroatoms. The van der Waals surface area contributed by atoms with Gasteiger partial charge < -0.3 is 41.8 Å². The molecule has 4 heterocycles. The number of aliphatic imine (C=N–C) groups is 3. The Kier molecular flexibility index (Phi) is 18.0. The second-order valence-corrected chi connectivity index (χ2v) is 22.8. The lowest BCUT2D eigenvalue weighted by molar-refractivity contribution is -0.274. The van der Waals surface area contributed by atoms with E-state index in [0.717, 1.165) is 82.9 Å². The highest BCUT2D eigenvalue weighted by atomic mass is 19.4. The van der Waals surface area contributed by atoms with Gasteiger partial charge in [-0.15, -0.1) is 13.2 Å². The van der Waals surface area contributed by atoms with Gasteiger partial charge in [0.05, 0.1) is 7.11 Å². The van der Waals surface area contributed by atoms with Crippen LogP contribution in [0.25, 0.3) is 33.0 Å². The topological polar surface area (TPSA) is 202 Å². The van der Waals surface area contributed by atoms with Crippen molar-refractivity contribution < 1.29 is 32.2 Å². The molecule has 1 fully saturated rings. The Balaban J connectivity index is 0.000000158. The quantitative estimate of drug-likeness (QED) is 0.0811. The molecule has 4 aliphatic rings. The molecule has 15 nitrogen and oxygen atoms in total. The smallest absolute Gasteiger partial charge is 0.481 e. The zero-order valence-corrected chi connectivity index (χ0v) is 48.4. The predicted molar refractivity (Wildman–Crippen MR) is 327 cm³/mol. The summed E-state index contributed by atoms with van der Waals surface area (Å²) in [5.41, 5.74) is 24.0. The average Bonchev–Trinajstić information content (AvgIpc) is 2.09. The number of carbonyl (C=O) groups is 2. The fourth-order valence-corrected chi connectivity index (χ4v) is 11.9. The first-order valence-corrected chi connectivity index (χ1v) is 28.3. The van der Waals surface area contributed by atoms with Gasteiger partial charge in [0.15, 0.2) is 17.9 Å². The van der Waals surface area contributed by atoms with Crippen LogP contribution in [-0.4, -0.2) is 103 Å². The highest BCUT2D eigenvalue weighted by Crippen LogP contribution is 2.42. The highest BCUT2D eigenvalue weighted by Gasteiger charge is 2.48. The van der Waals surface area contributed by atoms with Crippen LogP contribution < -0.4 is 32.0 Å². The van der Waals surface area contributed by atoms with Crippen molar-refractivity contribution in [2.45, 2.75) is 88.2 Å². The minimum Gasteiger partial charge on any atom is -0.481 e. The van der Waals surface area contributed by atoms with Gasteiger partial charge in [-0.25, -0.2) is 20.0 Å². The molecular weight excluding hydrogens is 1070 g/mol.